The van der Waals surface area contributed by atoms with Crippen LogP contribution in [0.25, 0.3) is 0 Å². The lowest BCUT2D eigenvalue weighted by atomic mass is 10.1. The van der Waals surface area contributed by atoms with E-state index in [1.54, 1.807) is 0 Å². The fourth-order valence-corrected chi connectivity index (χ4v) is 1.96. The number of hydrogen-bond acceptors (Lipinski definition) is 2. The van der Waals surface area contributed by atoms with Crippen LogP contribution >= 0.6 is 0 Å². The van der Waals surface area contributed by atoms with Crippen LogP contribution < -0.4 is 5.32 Å². The molecule has 18 heavy (non-hydrogen) atoms. The zero-order valence-electron chi connectivity index (χ0n) is 11.3. The smallest absolute Gasteiger partial charge is 0.126 e. The van der Waals surface area contributed by atoms with Gasteiger partial charge in [-0.25, -0.2) is 4.98 Å². The van der Waals surface area contributed by atoms with Gasteiger partial charge in [-0.3, -0.25) is 0 Å². The van der Waals surface area contributed by atoms with Gasteiger partial charge in [-0.1, -0.05) is 31.2 Å². The summed E-state index contributed by atoms with van der Waals surface area (Å²) in [6, 6.07) is 13.1. The maximum atomic E-state index is 4.33. The van der Waals surface area contributed by atoms with E-state index in [2.05, 4.69) is 61.4 Å². The summed E-state index contributed by atoms with van der Waals surface area (Å²) in [4.78, 5) is 4.33. The lowest BCUT2D eigenvalue weighted by Gasteiger charge is -2.15. The SMILES string of the molecule is CCc1ccc(C(C)Nc2cc(C)ccn2)cc1. The lowest BCUT2D eigenvalue weighted by molar-refractivity contribution is 0.872. The molecule has 1 aromatic carbocycles. The van der Waals surface area contributed by atoms with E-state index in [-0.39, 0.29) is 6.04 Å². The van der Waals surface area contributed by atoms with Crippen molar-refractivity contribution < 1.29 is 0 Å². The number of aromatic nitrogens is 1. The Balaban J connectivity index is 2.09. The number of anilines is 1. The Hall–Kier alpha value is -1.83. The number of aryl methyl sites for hydroxylation is 2. The molecule has 1 atom stereocenters. The molecule has 0 aliphatic carbocycles. The van der Waals surface area contributed by atoms with Crippen molar-refractivity contribution in [2.24, 2.45) is 0 Å². The molecule has 0 saturated carbocycles. The van der Waals surface area contributed by atoms with Crippen LogP contribution in [0.15, 0.2) is 42.6 Å². The van der Waals surface area contributed by atoms with E-state index >= 15 is 0 Å². The largest absolute Gasteiger partial charge is 0.364 e. The molecule has 2 nitrogen and oxygen atoms in total. The molecule has 0 aliphatic rings. The maximum absolute atomic E-state index is 4.33. The second kappa shape index (κ2) is 5.67. The van der Waals surface area contributed by atoms with Gasteiger partial charge < -0.3 is 5.32 Å². The van der Waals surface area contributed by atoms with Gasteiger partial charge in [0.1, 0.15) is 5.82 Å². The standard InChI is InChI=1S/C16H20N2/c1-4-14-5-7-15(8-6-14)13(3)18-16-11-12(2)9-10-17-16/h5-11,13H,4H2,1-3H3,(H,17,18). The molecule has 94 valence electrons. The zero-order chi connectivity index (χ0) is 13.0. The molecule has 0 bridgehead atoms. The number of benzene rings is 1. The molecule has 2 heteroatoms. The highest BCUT2D eigenvalue weighted by molar-refractivity contribution is 5.40. The summed E-state index contributed by atoms with van der Waals surface area (Å²) in [6.45, 7) is 6.41. The monoisotopic (exact) mass is 240 g/mol. The summed E-state index contributed by atoms with van der Waals surface area (Å²) in [7, 11) is 0. The van der Waals surface area contributed by atoms with Crippen molar-refractivity contribution >= 4 is 5.82 Å². The van der Waals surface area contributed by atoms with Crippen LogP contribution in [0.4, 0.5) is 5.82 Å². The van der Waals surface area contributed by atoms with Crippen molar-refractivity contribution in [2.75, 3.05) is 5.32 Å². The number of nitrogens with one attached hydrogen (secondary N) is 1. The average Bonchev–Trinajstić information content (AvgIpc) is 2.39. The Kier molecular flexibility index (Phi) is 3.98. The number of pyridine rings is 1. The molecule has 2 aromatic rings. The van der Waals surface area contributed by atoms with E-state index in [9.17, 15) is 0 Å². The van der Waals surface area contributed by atoms with Crippen molar-refractivity contribution in [3.8, 4) is 0 Å². The fourth-order valence-electron chi connectivity index (χ4n) is 1.96. The molecule has 0 radical (unpaired) electrons. The molecule has 0 spiro atoms. The first kappa shape index (κ1) is 12.6. The summed E-state index contributed by atoms with van der Waals surface area (Å²) in [5.41, 5.74) is 3.89. The minimum atomic E-state index is 0.269. The van der Waals surface area contributed by atoms with Gasteiger partial charge in [-0.05, 0) is 49.1 Å². The van der Waals surface area contributed by atoms with Crippen LogP contribution in [0.2, 0.25) is 0 Å². The third-order valence-electron chi connectivity index (χ3n) is 3.17. The molecule has 1 heterocycles. The van der Waals surface area contributed by atoms with Crippen LogP contribution in [0, 0.1) is 6.92 Å². The number of nitrogens with zero attached hydrogens (tertiary/aromatic N) is 1. The van der Waals surface area contributed by atoms with Gasteiger partial charge in [-0.2, -0.15) is 0 Å². The van der Waals surface area contributed by atoms with Crippen molar-refractivity contribution in [1.82, 2.24) is 4.98 Å². The van der Waals surface area contributed by atoms with E-state index < -0.39 is 0 Å². The van der Waals surface area contributed by atoms with Gasteiger partial charge in [0.15, 0.2) is 0 Å². The minimum Gasteiger partial charge on any atom is -0.364 e. The van der Waals surface area contributed by atoms with Gasteiger partial charge in [-0.15, -0.1) is 0 Å². The van der Waals surface area contributed by atoms with E-state index in [1.807, 2.05) is 12.3 Å². The van der Waals surface area contributed by atoms with Gasteiger partial charge in [0, 0.05) is 12.2 Å². The van der Waals surface area contributed by atoms with Gasteiger partial charge in [0.05, 0.1) is 0 Å². The molecule has 0 amide bonds. The lowest BCUT2D eigenvalue weighted by Crippen LogP contribution is -2.07. The van der Waals surface area contributed by atoms with E-state index in [4.69, 9.17) is 0 Å². The fraction of sp³-hybridized carbons (Fsp3) is 0.312. The Morgan fingerprint density at radius 1 is 1.17 bits per heavy atom. The third kappa shape index (κ3) is 3.10. The quantitative estimate of drug-likeness (QED) is 0.869. The predicted molar refractivity (Wildman–Crippen MR) is 76.8 cm³/mol. The predicted octanol–water partition coefficient (Wildman–Crippen LogP) is 4.13. The highest BCUT2D eigenvalue weighted by Gasteiger charge is 2.05. The molecule has 1 aromatic heterocycles. The Labute approximate surface area is 109 Å². The van der Waals surface area contributed by atoms with E-state index in [1.165, 1.54) is 16.7 Å². The molecule has 0 fully saturated rings. The first-order chi connectivity index (χ1) is 8.69. The molecule has 1 N–H and O–H groups in total. The molecule has 0 saturated heterocycles. The second-order valence-electron chi connectivity index (χ2n) is 4.68. The zero-order valence-corrected chi connectivity index (χ0v) is 11.3. The van der Waals surface area contributed by atoms with E-state index in [0.717, 1.165) is 12.2 Å². The summed E-state index contributed by atoms with van der Waals surface area (Å²) in [6.07, 6.45) is 2.92. The summed E-state index contributed by atoms with van der Waals surface area (Å²) >= 11 is 0. The van der Waals surface area contributed by atoms with Crippen LogP contribution in [-0.2, 0) is 6.42 Å². The Morgan fingerprint density at radius 2 is 1.89 bits per heavy atom. The first-order valence-corrected chi connectivity index (χ1v) is 6.47. The van der Waals surface area contributed by atoms with Gasteiger partial charge in [0.25, 0.3) is 0 Å². The third-order valence-corrected chi connectivity index (χ3v) is 3.17. The number of rotatable bonds is 4. The highest BCUT2D eigenvalue weighted by Crippen LogP contribution is 2.18. The second-order valence-corrected chi connectivity index (χ2v) is 4.68. The number of hydrogen-bond donors (Lipinski definition) is 1. The van der Waals surface area contributed by atoms with Crippen molar-refractivity contribution in [3.63, 3.8) is 0 Å². The summed E-state index contributed by atoms with van der Waals surface area (Å²) in [5, 5.41) is 3.43. The molecular formula is C16H20N2. The van der Waals surface area contributed by atoms with Crippen LogP contribution in [-0.4, -0.2) is 4.98 Å². The molecule has 2 rings (SSSR count). The Bertz CT molecular complexity index is 503. The minimum absolute atomic E-state index is 0.269. The first-order valence-electron chi connectivity index (χ1n) is 6.47. The van der Waals surface area contributed by atoms with E-state index in [0.29, 0.717) is 0 Å². The van der Waals surface area contributed by atoms with Gasteiger partial charge >= 0.3 is 0 Å². The van der Waals surface area contributed by atoms with Crippen molar-refractivity contribution in [3.05, 3.63) is 59.3 Å². The van der Waals surface area contributed by atoms with Crippen LogP contribution in [0.5, 0.6) is 0 Å². The molecule has 0 aliphatic heterocycles. The highest BCUT2D eigenvalue weighted by atomic mass is 15.0. The summed E-state index contributed by atoms with van der Waals surface area (Å²) < 4.78 is 0. The maximum Gasteiger partial charge on any atom is 0.126 e. The van der Waals surface area contributed by atoms with Crippen molar-refractivity contribution in [1.29, 1.82) is 0 Å². The topological polar surface area (TPSA) is 24.9 Å². The van der Waals surface area contributed by atoms with Crippen molar-refractivity contribution in [2.45, 2.75) is 33.2 Å². The van der Waals surface area contributed by atoms with Gasteiger partial charge in [0.2, 0.25) is 0 Å². The normalized spacial score (nSPS) is 12.2. The van der Waals surface area contributed by atoms with Crippen LogP contribution in [0.1, 0.15) is 36.6 Å². The molecule has 1 unspecified atom stereocenters. The van der Waals surface area contributed by atoms with Crippen LogP contribution in [0.3, 0.4) is 0 Å². The summed E-state index contributed by atoms with van der Waals surface area (Å²) in [5.74, 6) is 0.932. The Morgan fingerprint density at radius 3 is 2.50 bits per heavy atom. The average molecular weight is 240 g/mol. The molecular weight excluding hydrogens is 220 g/mol.